The number of nitrogens with one attached hydrogen (secondary N) is 4. The van der Waals surface area contributed by atoms with Crippen molar-refractivity contribution in [2.75, 3.05) is 37.9 Å². The zero-order valence-electron chi connectivity index (χ0n) is 35.3. The highest BCUT2D eigenvalue weighted by atomic mass is 33.1. The average Bonchev–Trinajstić information content (AvgIpc) is 3.24. The molecule has 64 heavy (non-hydrogen) atoms. The van der Waals surface area contributed by atoms with Gasteiger partial charge in [-0.15, -0.1) is 0 Å². The fourth-order valence-electron chi connectivity index (χ4n) is 6.61. The Morgan fingerprint density at radius 1 is 0.734 bits per heavy atom. The molecule has 26 nitrogen and oxygen atoms in total. The number of hydrogen-bond acceptors (Lipinski definition) is 20. The Kier molecular flexibility index (Phi) is 21.8. The molecule has 0 aliphatic carbocycles. The lowest BCUT2D eigenvalue weighted by Gasteiger charge is -2.48. The van der Waals surface area contributed by atoms with E-state index in [1.54, 1.807) is 27.7 Å². The molecule has 3 heterocycles. The Bertz CT molecular complexity index is 1650. The number of ether oxygens (including phenoxy) is 6. The number of carboxylic acids is 3. The van der Waals surface area contributed by atoms with Crippen LogP contribution in [-0.4, -0.2) is 202 Å². The van der Waals surface area contributed by atoms with Crippen molar-refractivity contribution < 1.29 is 97.4 Å². The van der Waals surface area contributed by atoms with E-state index in [0.29, 0.717) is 6.42 Å². The molecule has 0 aromatic rings. The maximum atomic E-state index is 14.1. The standard InChI is InChI=1S/C36H58N6O20S2/c1-5-13(3)21-31(52)39-16(34(55)56)12-64-63-11-15(37)30(51)42-23-27(57-9-19(45)46)26(17(7-43)60-35(23)59-8-18(38)44)61-36-29(58-10-20(47)48)25(50)24(49)28(62-36)33(54)41-22(14(4)6-2)32(53)40-21/h13-17,21-29,35-36,43,49-50H,5-12,37H2,1-4H3,(H2,38,44)(H,39,52)(H,40,53)(H,41,54)(H,42,51)(H,45,46)(H,47,48)(H,55,56)/t13-,14-,15-,16-,17+,21-,22-,23+,24-,25-,26+,27+,28-,29+,35+,36+/m0/s1. The monoisotopic (exact) mass is 958 g/mol. The lowest BCUT2D eigenvalue weighted by atomic mass is 9.93. The Labute approximate surface area is 374 Å². The number of aliphatic carboxylic acids is 3. The van der Waals surface area contributed by atoms with Crippen LogP contribution in [0.1, 0.15) is 40.5 Å². The molecule has 3 aliphatic rings. The van der Waals surface area contributed by atoms with Crippen molar-refractivity contribution in [3.8, 4) is 0 Å². The Morgan fingerprint density at radius 2 is 1.28 bits per heavy atom. The number of rotatable bonds is 15. The molecule has 3 saturated heterocycles. The van der Waals surface area contributed by atoms with Gasteiger partial charge in [-0.1, -0.05) is 62.1 Å². The number of hydrogen-bond donors (Lipinski definition) is 12. The lowest BCUT2D eigenvalue weighted by Crippen LogP contribution is -2.70. The molecule has 4 bridgehead atoms. The van der Waals surface area contributed by atoms with Crippen LogP contribution in [0.25, 0.3) is 0 Å². The van der Waals surface area contributed by atoms with Crippen molar-refractivity contribution in [3.05, 3.63) is 0 Å². The molecule has 5 amide bonds. The number of aliphatic hydroxyl groups is 3. The summed E-state index contributed by atoms with van der Waals surface area (Å²) < 4.78 is 34.3. The maximum Gasteiger partial charge on any atom is 0.329 e. The molecule has 0 aromatic heterocycles. The molecule has 16 atom stereocenters. The molecule has 14 N–H and O–H groups in total. The molecular formula is C36H58N6O20S2. The zero-order valence-corrected chi connectivity index (χ0v) is 36.9. The van der Waals surface area contributed by atoms with E-state index in [4.69, 9.17) is 39.9 Å². The van der Waals surface area contributed by atoms with E-state index in [2.05, 4.69) is 21.3 Å². The number of primary amides is 1. The molecule has 0 saturated carbocycles. The largest absolute Gasteiger partial charge is 0.480 e. The van der Waals surface area contributed by atoms with E-state index < -0.39 is 171 Å². The normalized spacial score (nSPS) is 34.8. The van der Waals surface area contributed by atoms with Gasteiger partial charge in [-0.25, -0.2) is 14.4 Å². The summed E-state index contributed by atoms with van der Waals surface area (Å²) in [7, 11) is 1.86. The number of amides is 5. The highest BCUT2D eigenvalue weighted by molar-refractivity contribution is 8.76. The van der Waals surface area contributed by atoms with Crippen LogP contribution in [0.3, 0.4) is 0 Å². The molecular weight excluding hydrogens is 901 g/mol. The van der Waals surface area contributed by atoms with Crippen molar-refractivity contribution in [1.82, 2.24) is 21.3 Å². The number of carbonyl (C=O) groups is 8. The molecule has 0 unspecified atom stereocenters. The number of aliphatic hydroxyl groups excluding tert-OH is 3. The van der Waals surface area contributed by atoms with Crippen molar-refractivity contribution >= 4 is 69.0 Å². The third kappa shape index (κ3) is 15.1. The summed E-state index contributed by atoms with van der Waals surface area (Å²) in [5.74, 6) is -11.3. The van der Waals surface area contributed by atoms with Gasteiger partial charge in [-0.05, 0) is 11.8 Å². The Morgan fingerprint density at radius 3 is 1.81 bits per heavy atom. The van der Waals surface area contributed by atoms with E-state index in [0.717, 1.165) is 21.6 Å². The second-order valence-electron chi connectivity index (χ2n) is 15.2. The van der Waals surface area contributed by atoms with Crippen molar-refractivity contribution in [3.63, 3.8) is 0 Å². The third-order valence-corrected chi connectivity index (χ3v) is 13.0. The smallest absolute Gasteiger partial charge is 0.329 e. The Hall–Kier alpha value is -3.94. The van der Waals surface area contributed by atoms with E-state index >= 15 is 0 Å². The van der Waals surface area contributed by atoms with Gasteiger partial charge in [0.2, 0.25) is 23.6 Å². The van der Waals surface area contributed by atoms with Crippen molar-refractivity contribution in [2.45, 2.75) is 126 Å². The van der Waals surface area contributed by atoms with Crippen molar-refractivity contribution in [1.29, 1.82) is 0 Å². The van der Waals surface area contributed by atoms with Crippen LogP contribution < -0.4 is 32.7 Å². The second-order valence-corrected chi connectivity index (χ2v) is 17.8. The fraction of sp³-hybridized carbons (Fsp3) is 0.778. The minimum atomic E-state index is -2.22. The van der Waals surface area contributed by atoms with Gasteiger partial charge >= 0.3 is 17.9 Å². The van der Waals surface area contributed by atoms with Gasteiger partial charge in [0.1, 0.15) is 80.6 Å². The van der Waals surface area contributed by atoms with Gasteiger partial charge in [-0.3, -0.25) is 24.0 Å². The summed E-state index contributed by atoms with van der Waals surface area (Å²) in [6.07, 6.45) is -17.1. The highest BCUT2D eigenvalue weighted by Crippen LogP contribution is 2.33. The maximum absolute atomic E-state index is 14.1. The van der Waals surface area contributed by atoms with Crippen LogP contribution in [-0.2, 0) is 66.8 Å². The van der Waals surface area contributed by atoms with E-state index in [1.807, 2.05) is 0 Å². The van der Waals surface area contributed by atoms with Crippen molar-refractivity contribution in [2.24, 2.45) is 23.3 Å². The minimum absolute atomic E-state index is 0.208. The molecule has 0 aromatic carbocycles. The first-order valence-corrected chi connectivity index (χ1v) is 22.6. The summed E-state index contributed by atoms with van der Waals surface area (Å²) in [4.78, 5) is 103. The summed E-state index contributed by atoms with van der Waals surface area (Å²) in [5, 5.41) is 72.1. The summed E-state index contributed by atoms with van der Waals surface area (Å²) in [5.41, 5.74) is 11.5. The molecule has 0 radical (unpaired) electrons. The predicted molar refractivity (Wildman–Crippen MR) is 218 cm³/mol. The van der Waals surface area contributed by atoms with Crippen LogP contribution in [0, 0.1) is 11.8 Å². The van der Waals surface area contributed by atoms with Crippen LogP contribution in [0.2, 0.25) is 0 Å². The van der Waals surface area contributed by atoms with Gasteiger partial charge < -0.3 is 91.8 Å². The lowest BCUT2D eigenvalue weighted by molar-refractivity contribution is -0.348. The van der Waals surface area contributed by atoms with Gasteiger partial charge in [0, 0.05) is 11.5 Å². The third-order valence-electron chi connectivity index (χ3n) is 10.5. The molecule has 3 aliphatic heterocycles. The van der Waals surface area contributed by atoms with Crippen LogP contribution in [0.15, 0.2) is 0 Å². The zero-order chi connectivity index (χ0) is 48.0. The van der Waals surface area contributed by atoms with Gasteiger partial charge in [-0.2, -0.15) is 0 Å². The molecule has 28 heteroatoms. The van der Waals surface area contributed by atoms with Gasteiger partial charge in [0.25, 0.3) is 5.91 Å². The average molecular weight is 959 g/mol. The number of carbonyl (C=O) groups excluding carboxylic acids is 5. The first-order valence-electron chi connectivity index (χ1n) is 20.1. The summed E-state index contributed by atoms with van der Waals surface area (Å²) in [6, 6.07) is -7.40. The first-order chi connectivity index (χ1) is 30.1. The van der Waals surface area contributed by atoms with E-state index in [-0.39, 0.29) is 17.9 Å². The number of nitrogens with two attached hydrogens (primary N) is 2. The molecule has 0 spiro atoms. The van der Waals surface area contributed by atoms with E-state index in [9.17, 15) is 69.0 Å². The summed E-state index contributed by atoms with van der Waals surface area (Å²) >= 11 is 0. The van der Waals surface area contributed by atoms with E-state index in [1.165, 1.54) is 0 Å². The molecule has 3 rings (SSSR count). The fourth-order valence-corrected chi connectivity index (χ4v) is 8.88. The predicted octanol–water partition coefficient (Wildman–Crippen LogP) is -5.18. The second kappa shape index (κ2) is 25.7. The molecule has 364 valence electrons. The first kappa shape index (κ1) is 54.4. The quantitative estimate of drug-likeness (QED) is 0.0683. The topological polar surface area (TPSA) is 413 Å². The SMILES string of the molecule is CC[C@H](C)[C@@H]1NC(=O)[C@H]([C@@H](C)CC)NC(=O)[C@H]2O[C@@H](O[C@H]3[C@H](OCC(=O)O)[C@@H](NC(=O)[C@@H](N)CSSC[C@@H](C(=O)O)NC1=O)[C@H](OCC(N)=O)O[C@@H]3CO)[C@H](OCC(=O)O)[C@@H](O)[C@@H]2O. The number of carboxylic acid groups (broad SMARTS) is 3. The summed E-state index contributed by atoms with van der Waals surface area (Å²) in [6.45, 7) is 2.51. The van der Waals surface area contributed by atoms with Crippen LogP contribution >= 0.6 is 21.6 Å². The van der Waals surface area contributed by atoms with Gasteiger partial charge in [0.05, 0.1) is 12.6 Å². The van der Waals surface area contributed by atoms with Gasteiger partial charge in [0.15, 0.2) is 18.7 Å². The highest BCUT2D eigenvalue weighted by Gasteiger charge is 2.55. The van der Waals surface area contributed by atoms with Crippen LogP contribution in [0.5, 0.6) is 0 Å². The minimum Gasteiger partial charge on any atom is -0.480 e. The van der Waals surface area contributed by atoms with Crippen LogP contribution in [0.4, 0.5) is 0 Å². The Balaban J connectivity index is 2.22. The molecule has 3 fully saturated rings. The number of fused-ring (bicyclic) bond motifs is 4.